The highest BCUT2D eigenvalue weighted by Gasteiger charge is 2.27. The number of anilines is 2. The van der Waals surface area contributed by atoms with Crippen molar-refractivity contribution in [3.05, 3.63) is 41.1 Å². The molecule has 2 fully saturated rings. The Morgan fingerprint density at radius 2 is 2.00 bits per heavy atom. The number of oxazole rings is 1. The molecule has 9 nitrogen and oxygen atoms in total. The van der Waals surface area contributed by atoms with Gasteiger partial charge in [0.15, 0.2) is 11.6 Å². The molecule has 3 heterocycles. The second kappa shape index (κ2) is 9.15. The third-order valence-electron chi connectivity index (χ3n) is 5.54. The Bertz CT molecular complexity index is 951. The Balaban J connectivity index is 1.31. The molecule has 2 aliphatic heterocycles. The number of likely N-dealkylation sites (tertiary alicyclic amines) is 1. The van der Waals surface area contributed by atoms with Crippen molar-refractivity contribution in [2.75, 3.05) is 63.1 Å². The Morgan fingerprint density at radius 3 is 2.65 bits per heavy atom. The molecule has 2 aromatic rings. The number of hydrogen-bond acceptors (Lipinski definition) is 7. The fourth-order valence-corrected chi connectivity index (χ4v) is 3.99. The van der Waals surface area contributed by atoms with Gasteiger partial charge in [-0.15, -0.1) is 0 Å². The number of aryl methyl sites for hydroxylation is 1. The summed E-state index contributed by atoms with van der Waals surface area (Å²) in [6, 6.07) is 5.48. The van der Waals surface area contributed by atoms with Crippen LogP contribution in [-0.2, 0) is 4.74 Å². The van der Waals surface area contributed by atoms with Crippen LogP contribution in [0.25, 0.3) is 0 Å². The van der Waals surface area contributed by atoms with Crippen molar-refractivity contribution >= 4 is 35.0 Å². The molecule has 0 saturated carbocycles. The van der Waals surface area contributed by atoms with Crippen molar-refractivity contribution in [1.29, 1.82) is 0 Å². The summed E-state index contributed by atoms with van der Waals surface area (Å²) in [4.78, 5) is 34.8. The average Bonchev–Trinajstić information content (AvgIpc) is 3.18. The summed E-state index contributed by atoms with van der Waals surface area (Å²) >= 11 is 6.27. The number of aromatic nitrogens is 1. The highest BCUT2D eigenvalue weighted by atomic mass is 35.5. The van der Waals surface area contributed by atoms with E-state index >= 15 is 0 Å². The van der Waals surface area contributed by atoms with Gasteiger partial charge in [-0.25, -0.2) is 9.78 Å². The van der Waals surface area contributed by atoms with E-state index < -0.39 is 0 Å². The largest absolute Gasteiger partial charge is 0.449 e. The van der Waals surface area contributed by atoms with Gasteiger partial charge >= 0.3 is 6.09 Å². The van der Waals surface area contributed by atoms with Gasteiger partial charge in [0.1, 0.15) is 6.26 Å². The third kappa shape index (κ3) is 5.11. The van der Waals surface area contributed by atoms with Crippen molar-refractivity contribution in [3.63, 3.8) is 0 Å². The van der Waals surface area contributed by atoms with Gasteiger partial charge in [0.05, 0.1) is 17.3 Å². The first-order valence-corrected chi connectivity index (χ1v) is 10.6. The van der Waals surface area contributed by atoms with Gasteiger partial charge in [-0.2, -0.15) is 0 Å². The molecule has 2 aliphatic rings. The zero-order valence-corrected chi connectivity index (χ0v) is 18.4. The van der Waals surface area contributed by atoms with Gasteiger partial charge in [-0.3, -0.25) is 4.79 Å². The highest BCUT2D eigenvalue weighted by Crippen LogP contribution is 2.29. The molecule has 0 radical (unpaired) electrons. The fourth-order valence-electron chi connectivity index (χ4n) is 3.82. The molecule has 1 aromatic heterocycles. The summed E-state index contributed by atoms with van der Waals surface area (Å²) in [6.07, 6.45) is 1.06. The molecule has 1 N–H and O–H groups in total. The Kier molecular flexibility index (Phi) is 6.33. The van der Waals surface area contributed by atoms with Gasteiger partial charge in [-0.1, -0.05) is 11.6 Å². The Labute approximate surface area is 185 Å². The van der Waals surface area contributed by atoms with Gasteiger partial charge in [0.25, 0.3) is 5.91 Å². The van der Waals surface area contributed by atoms with E-state index in [2.05, 4.69) is 27.1 Å². The first-order chi connectivity index (χ1) is 14.9. The normalized spacial score (nSPS) is 17.4. The van der Waals surface area contributed by atoms with Crippen LogP contribution in [0.4, 0.5) is 16.2 Å². The highest BCUT2D eigenvalue weighted by molar-refractivity contribution is 6.34. The second-order valence-corrected chi connectivity index (χ2v) is 8.42. The van der Waals surface area contributed by atoms with E-state index in [1.165, 1.54) is 6.26 Å². The van der Waals surface area contributed by atoms with Crippen molar-refractivity contribution in [2.45, 2.75) is 6.92 Å². The van der Waals surface area contributed by atoms with Crippen LogP contribution in [0.1, 0.15) is 16.4 Å². The van der Waals surface area contributed by atoms with E-state index in [9.17, 15) is 9.59 Å². The molecule has 10 heteroatoms. The van der Waals surface area contributed by atoms with E-state index in [4.69, 9.17) is 20.8 Å². The number of nitrogens with one attached hydrogen (secondary N) is 1. The minimum Gasteiger partial charge on any atom is -0.449 e. The summed E-state index contributed by atoms with van der Waals surface area (Å²) in [6.45, 7) is 6.59. The van der Waals surface area contributed by atoms with E-state index in [-0.39, 0.29) is 17.7 Å². The lowest BCUT2D eigenvalue weighted by atomic mass is 10.0. The lowest BCUT2D eigenvalue weighted by Crippen LogP contribution is -2.50. The van der Waals surface area contributed by atoms with E-state index in [0.717, 1.165) is 18.8 Å². The van der Waals surface area contributed by atoms with Gasteiger partial charge in [0.2, 0.25) is 0 Å². The smallest absolute Gasteiger partial charge is 0.409 e. The Hall–Kier alpha value is -2.78. The number of rotatable bonds is 5. The Morgan fingerprint density at radius 1 is 1.26 bits per heavy atom. The van der Waals surface area contributed by atoms with Gasteiger partial charge in [0, 0.05) is 57.8 Å². The number of amides is 2. The van der Waals surface area contributed by atoms with Crippen LogP contribution in [0.2, 0.25) is 5.02 Å². The summed E-state index contributed by atoms with van der Waals surface area (Å²) in [5, 5.41) is 3.21. The topological polar surface area (TPSA) is 91.2 Å². The first kappa shape index (κ1) is 21.5. The molecular weight excluding hydrogens is 422 g/mol. The van der Waals surface area contributed by atoms with Crippen LogP contribution in [0.5, 0.6) is 0 Å². The standard InChI is InChI=1S/C21H26ClN5O4/c1-14-23-19(13-30-14)20(28)24-18-9-16(3-4-17(18)22)26-5-7-27(8-6-26)21(29)31-12-15-10-25(2)11-15/h3-4,9,13,15H,5-8,10-12H2,1-2H3,(H,24,28). The molecule has 166 valence electrons. The first-order valence-electron chi connectivity index (χ1n) is 10.3. The summed E-state index contributed by atoms with van der Waals surface area (Å²) in [5.41, 5.74) is 1.61. The molecule has 31 heavy (non-hydrogen) atoms. The summed E-state index contributed by atoms with van der Waals surface area (Å²) in [5.74, 6) is 0.474. The van der Waals surface area contributed by atoms with Crippen LogP contribution in [-0.4, -0.2) is 79.7 Å². The minimum absolute atomic E-state index is 0.194. The minimum atomic E-state index is -0.388. The number of nitrogens with zero attached hydrogens (tertiary/aromatic N) is 4. The average molecular weight is 448 g/mol. The molecule has 0 unspecified atom stereocenters. The summed E-state index contributed by atoms with van der Waals surface area (Å²) < 4.78 is 10.5. The lowest BCUT2D eigenvalue weighted by Gasteiger charge is -2.38. The fraction of sp³-hybridized carbons (Fsp3) is 0.476. The van der Waals surface area contributed by atoms with Crippen LogP contribution >= 0.6 is 11.6 Å². The van der Waals surface area contributed by atoms with Crippen LogP contribution in [0, 0.1) is 12.8 Å². The predicted octanol–water partition coefficient (Wildman–Crippen LogP) is 2.71. The second-order valence-electron chi connectivity index (χ2n) is 8.01. The maximum absolute atomic E-state index is 12.4. The van der Waals surface area contributed by atoms with Gasteiger partial charge in [-0.05, 0) is 25.2 Å². The number of carbonyl (C=O) groups excluding carboxylic acids is 2. The molecule has 4 rings (SSSR count). The van der Waals surface area contributed by atoms with Crippen molar-refractivity contribution in [1.82, 2.24) is 14.8 Å². The number of ether oxygens (including phenoxy) is 1. The van der Waals surface area contributed by atoms with Crippen LogP contribution in [0.3, 0.4) is 0 Å². The van der Waals surface area contributed by atoms with Crippen molar-refractivity contribution < 1.29 is 18.7 Å². The quantitative estimate of drug-likeness (QED) is 0.753. The lowest BCUT2D eigenvalue weighted by molar-refractivity contribution is 0.0391. The molecular formula is C21H26ClN5O4. The molecule has 0 bridgehead atoms. The number of piperazine rings is 1. The number of hydrogen-bond donors (Lipinski definition) is 1. The molecule has 2 amide bonds. The number of halogens is 1. The summed E-state index contributed by atoms with van der Waals surface area (Å²) in [7, 11) is 2.06. The van der Waals surface area contributed by atoms with Crippen LogP contribution < -0.4 is 10.2 Å². The molecule has 2 saturated heterocycles. The molecule has 1 aromatic carbocycles. The SMILES string of the molecule is Cc1nc(C(=O)Nc2cc(N3CCN(C(=O)OCC4CN(C)C4)CC3)ccc2Cl)co1. The van der Waals surface area contributed by atoms with E-state index in [0.29, 0.717) is 55.3 Å². The predicted molar refractivity (Wildman–Crippen MR) is 117 cm³/mol. The third-order valence-corrected chi connectivity index (χ3v) is 5.86. The van der Waals surface area contributed by atoms with Crippen LogP contribution in [0.15, 0.2) is 28.9 Å². The van der Waals surface area contributed by atoms with Crippen molar-refractivity contribution in [2.24, 2.45) is 5.92 Å². The molecule has 0 aliphatic carbocycles. The molecule has 0 spiro atoms. The van der Waals surface area contributed by atoms with E-state index in [1.54, 1.807) is 17.9 Å². The zero-order valence-electron chi connectivity index (χ0n) is 17.6. The number of benzene rings is 1. The maximum atomic E-state index is 12.4. The van der Waals surface area contributed by atoms with E-state index in [1.807, 2.05) is 12.1 Å². The zero-order chi connectivity index (χ0) is 22.0. The number of carbonyl (C=O) groups is 2. The monoisotopic (exact) mass is 447 g/mol. The van der Waals surface area contributed by atoms with Gasteiger partial charge < -0.3 is 29.2 Å². The van der Waals surface area contributed by atoms with Crippen molar-refractivity contribution in [3.8, 4) is 0 Å². The maximum Gasteiger partial charge on any atom is 0.409 e. The molecule has 0 atom stereocenters.